The minimum absolute atomic E-state index is 0.395. The van der Waals surface area contributed by atoms with Crippen molar-refractivity contribution in [2.24, 2.45) is 0 Å². The van der Waals surface area contributed by atoms with Gasteiger partial charge in [-0.15, -0.1) is 0 Å². The normalized spacial score (nSPS) is 11.5. The van der Waals surface area contributed by atoms with Crippen molar-refractivity contribution in [1.82, 2.24) is 0 Å². The van der Waals surface area contributed by atoms with Crippen LogP contribution in [0.2, 0.25) is 0 Å². The third-order valence-electron chi connectivity index (χ3n) is 1.10. The zero-order chi connectivity index (χ0) is 8.91. The van der Waals surface area contributed by atoms with Gasteiger partial charge in [0.25, 0.3) is 0 Å². The number of esters is 1. The highest BCUT2D eigenvalue weighted by Crippen LogP contribution is 2.10. The molecule has 0 aromatic rings. The summed E-state index contributed by atoms with van der Waals surface area (Å²) in [6.07, 6.45) is 4.82. The topological polar surface area (TPSA) is 26.3 Å². The van der Waals surface area contributed by atoms with Crippen molar-refractivity contribution in [2.45, 2.75) is 26.4 Å². The molecule has 0 fully saturated rings. The van der Waals surface area contributed by atoms with Crippen molar-refractivity contribution in [1.29, 1.82) is 0 Å². The number of rotatable bonds is 3. The molecule has 0 spiro atoms. The van der Waals surface area contributed by atoms with Gasteiger partial charge in [-0.1, -0.05) is 12.7 Å². The van der Waals surface area contributed by atoms with Crippen molar-refractivity contribution < 1.29 is 9.53 Å². The predicted molar refractivity (Wildman–Crippen MR) is 45.2 cm³/mol. The third kappa shape index (κ3) is 4.37. The molecule has 0 saturated carbocycles. The number of hydrogen-bond donors (Lipinski definition) is 0. The van der Waals surface area contributed by atoms with Crippen molar-refractivity contribution in [3.8, 4) is 0 Å². The van der Waals surface area contributed by atoms with Crippen LogP contribution in [0.25, 0.3) is 0 Å². The van der Waals surface area contributed by atoms with Gasteiger partial charge in [-0.05, 0) is 26.8 Å². The van der Waals surface area contributed by atoms with Gasteiger partial charge in [0.1, 0.15) is 5.60 Å². The van der Waals surface area contributed by atoms with Crippen molar-refractivity contribution in [3.63, 3.8) is 0 Å². The van der Waals surface area contributed by atoms with Crippen LogP contribution in [-0.4, -0.2) is 11.6 Å². The van der Waals surface area contributed by atoms with Crippen LogP contribution in [0.4, 0.5) is 0 Å². The van der Waals surface area contributed by atoms with Gasteiger partial charge >= 0.3 is 5.97 Å². The van der Waals surface area contributed by atoms with Crippen LogP contribution < -0.4 is 0 Å². The van der Waals surface area contributed by atoms with Gasteiger partial charge in [-0.3, -0.25) is 0 Å². The fraction of sp³-hybridized carbons (Fsp3) is 0.444. The molecule has 0 aliphatic heterocycles. The molecule has 0 aromatic carbocycles. The average molecular weight is 154 g/mol. The zero-order valence-corrected chi connectivity index (χ0v) is 7.26. The Bertz CT molecular complexity index is 178. The molecule has 0 aromatic heterocycles. The highest BCUT2D eigenvalue weighted by atomic mass is 16.6. The van der Waals surface area contributed by atoms with E-state index in [0.29, 0.717) is 0 Å². The van der Waals surface area contributed by atoms with E-state index in [2.05, 4.69) is 6.58 Å². The van der Waals surface area contributed by atoms with E-state index >= 15 is 0 Å². The standard InChI is InChI=1S/C9H14O2/c1-5-7-9(3,4)11-8(10)6-2/h5-7H,2H2,1,3-4H3. The van der Waals surface area contributed by atoms with Gasteiger partial charge in [-0.2, -0.15) is 0 Å². The molecule has 0 saturated heterocycles. The summed E-state index contributed by atoms with van der Waals surface area (Å²) < 4.78 is 4.98. The van der Waals surface area contributed by atoms with Crippen LogP contribution >= 0.6 is 0 Å². The van der Waals surface area contributed by atoms with Crippen LogP contribution in [0.15, 0.2) is 24.8 Å². The maximum absolute atomic E-state index is 10.7. The number of ether oxygens (including phenoxy) is 1. The fourth-order valence-electron chi connectivity index (χ4n) is 0.736. The lowest BCUT2D eigenvalue weighted by Crippen LogP contribution is -2.24. The maximum atomic E-state index is 10.7. The minimum Gasteiger partial charge on any atom is -0.452 e. The van der Waals surface area contributed by atoms with Gasteiger partial charge in [0.15, 0.2) is 0 Å². The lowest BCUT2D eigenvalue weighted by Gasteiger charge is -2.19. The quantitative estimate of drug-likeness (QED) is 0.353. The summed E-state index contributed by atoms with van der Waals surface area (Å²) in [4.78, 5) is 10.7. The lowest BCUT2D eigenvalue weighted by atomic mass is 10.1. The molecular formula is C9H14O2. The number of hydrogen-bond acceptors (Lipinski definition) is 2. The highest BCUT2D eigenvalue weighted by molar-refractivity contribution is 5.81. The van der Waals surface area contributed by atoms with E-state index in [1.54, 1.807) is 0 Å². The minimum atomic E-state index is -0.528. The molecule has 0 amide bonds. The van der Waals surface area contributed by atoms with Crippen LogP contribution in [0.1, 0.15) is 20.8 Å². The Morgan fingerprint density at radius 3 is 2.45 bits per heavy atom. The molecule has 0 aliphatic carbocycles. The van der Waals surface area contributed by atoms with Crippen LogP contribution in [-0.2, 0) is 9.53 Å². The molecule has 11 heavy (non-hydrogen) atoms. The van der Waals surface area contributed by atoms with E-state index in [-0.39, 0.29) is 0 Å². The Balaban J connectivity index is 4.11. The molecule has 0 aliphatic rings. The second-order valence-corrected chi connectivity index (χ2v) is 2.73. The number of carbonyl (C=O) groups excluding carboxylic acids is 1. The van der Waals surface area contributed by atoms with Crippen LogP contribution in [0.3, 0.4) is 0 Å². The van der Waals surface area contributed by atoms with Gasteiger partial charge in [0.2, 0.25) is 0 Å². The van der Waals surface area contributed by atoms with Gasteiger partial charge < -0.3 is 4.74 Å². The Hall–Kier alpha value is -1.05. The molecule has 0 atom stereocenters. The van der Waals surface area contributed by atoms with Crippen molar-refractivity contribution in [3.05, 3.63) is 24.8 Å². The molecule has 0 N–H and O–H groups in total. The van der Waals surface area contributed by atoms with E-state index < -0.39 is 11.6 Å². The van der Waals surface area contributed by atoms with Gasteiger partial charge in [0.05, 0.1) is 0 Å². The van der Waals surface area contributed by atoms with Gasteiger partial charge in [0, 0.05) is 6.08 Å². The maximum Gasteiger partial charge on any atom is 0.330 e. The number of carbonyl (C=O) groups is 1. The lowest BCUT2D eigenvalue weighted by molar-refractivity contribution is -0.146. The molecule has 0 rings (SSSR count). The predicted octanol–water partition coefficient (Wildman–Crippen LogP) is 2.07. The van der Waals surface area contributed by atoms with E-state index in [1.165, 1.54) is 0 Å². The Morgan fingerprint density at radius 2 is 2.09 bits per heavy atom. The molecule has 62 valence electrons. The first-order valence-corrected chi connectivity index (χ1v) is 3.51. The fourth-order valence-corrected chi connectivity index (χ4v) is 0.736. The van der Waals surface area contributed by atoms with Crippen LogP contribution in [0.5, 0.6) is 0 Å². The molecule has 2 nitrogen and oxygen atoms in total. The summed E-state index contributed by atoms with van der Waals surface area (Å²) in [5.74, 6) is -0.395. The molecule has 0 heterocycles. The Kier molecular flexibility index (Phi) is 3.58. The highest BCUT2D eigenvalue weighted by Gasteiger charge is 2.16. The molecule has 0 unspecified atom stereocenters. The molecule has 0 radical (unpaired) electrons. The van der Waals surface area contributed by atoms with Crippen LogP contribution in [0, 0.1) is 0 Å². The Morgan fingerprint density at radius 1 is 1.55 bits per heavy atom. The third-order valence-corrected chi connectivity index (χ3v) is 1.10. The first kappa shape index (κ1) is 9.95. The first-order chi connectivity index (χ1) is 5.02. The molecule has 2 heteroatoms. The number of allylic oxidation sites excluding steroid dienone is 1. The summed E-state index contributed by atoms with van der Waals surface area (Å²) in [6.45, 7) is 8.81. The van der Waals surface area contributed by atoms with E-state index in [4.69, 9.17) is 4.74 Å². The average Bonchev–Trinajstić information content (AvgIpc) is 1.86. The zero-order valence-electron chi connectivity index (χ0n) is 7.26. The first-order valence-electron chi connectivity index (χ1n) is 3.51. The monoisotopic (exact) mass is 154 g/mol. The molecular weight excluding hydrogens is 140 g/mol. The smallest absolute Gasteiger partial charge is 0.330 e. The Labute approximate surface area is 67.6 Å². The summed E-state index contributed by atoms with van der Waals surface area (Å²) in [5, 5.41) is 0. The second kappa shape index (κ2) is 3.96. The summed E-state index contributed by atoms with van der Waals surface area (Å²) in [5.41, 5.74) is -0.528. The van der Waals surface area contributed by atoms with E-state index in [1.807, 2.05) is 32.9 Å². The SMILES string of the molecule is C=CC(=O)OC(C)(C)C=CC. The van der Waals surface area contributed by atoms with Crippen molar-refractivity contribution in [2.75, 3.05) is 0 Å². The second-order valence-electron chi connectivity index (χ2n) is 2.73. The van der Waals surface area contributed by atoms with Gasteiger partial charge in [-0.25, -0.2) is 4.79 Å². The van der Waals surface area contributed by atoms with Crippen molar-refractivity contribution >= 4 is 5.97 Å². The summed E-state index contributed by atoms with van der Waals surface area (Å²) in [7, 11) is 0. The largest absolute Gasteiger partial charge is 0.452 e. The summed E-state index contributed by atoms with van der Waals surface area (Å²) >= 11 is 0. The van der Waals surface area contributed by atoms with E-state index in [0.717, 1.165) is 6.08 Å². The molecule has 0 bridgehead atoms. The van der Waals surface area contributed by atoms with E-state index in [9.17, 15) is 4.79 Å². The summed E-state index contributed by atoms with van der Waals surface area (Å²) in [6, 6.07) is 0.